The Balaban J connectivity index is 1.25. The number of nitrogens with zero attached hydrogens (tertiary/aromatic N) is 2. The zero-order chi connectivity index (χ0) is 24.6. The van der Waals surface area contributed by atoms with Gasteiger partial charge in [-0.3, -0.25) is 9.59 Å². The van der Waals surface area contributed by atoms with Crippen LogP contribution >= 0.6 is 0 Å². The number of ether oxygens (including phenoxy) is 1. The number of benzene rings is 2. The molecule has 2 heterocycles. The van der Waals surface area contributed by atoms with Crippen molar-refractivity contribution in [3.63, 3.8) is 0 Å². The van der Waals surface area contributed by atoms with Gasteiger partial charge in [-0.15, -0.1) is 0 Å². The SMILES string of the molecule is CC(CC(=O)Nc1cccc(N2CCCC2)c1)NC(=O)c1ccc(COc2ccccc2C#N)o1. The van der Waals surface area contributed by atoms with Gasteiger partial charge in [0.15, 0.2) is 5.76 Å². The maximum absolute atomic E-state index is 12.5. The van der Waals surface area contributed by atoms with Gasteiger partial charge >= 0.3 is 0 Å². The molecule has 0 bridgehead atoms. The van der Waals surface area contributed by atoms with Gasteiger partial charge in [0.1, 0.15) is 24.2 Å². The molecule has 4 rings (SSSR count). The number of rotatable bonds is 9. The number of para-hydroxylation sites is 1. The summed E-state index contributed by atoms with van der Waals surface area (Å²) in [5.74, 6) is 0.433. The van der Waals surface area contributed by atoms with Crippen LogP contribution in [0.4, 0.5) is 11.4 Å². The Labute approximate surface area is 204 Å². The van der Waals surface area contributed by atoms with Crippen molar-refractivity contribution in [1.29, 1.82) is 5.26 Å². The maximum atomic E-state index is 12.5. The average Bonchev–Trinajstić information content (AvgIpc) is 3.55. The summed E-state index contributed by atoms with van der Waals surface area (Å²) >= 11 is 0. The maximum Gasteiger partial charge on any atom is 0.287 e. The molecule has 180 valence electrons. The normalized spacial score (nSPS) is 13.7. The Kier molecular flexibility index (Phi) is 7.68. The van der Waals surface area contributed by atoms with Gasteiger partial charge in [0, 0.05) is 36.9 Å². The lowest BCUT2D eigenvalue weighted by Crippen LogP contribution is -2.35. The van der Waals surface area contributed by atoms with E-state index in [0.717, 1.165) is 24.5 Å². The quantitative estimate of drug-likeness (QED) is 0.476. The number of amides is 2. The van der Waals surface area contributed by atoms with Crippen LogP contribution in [-0.2, 0) is 11.4 Å². The average molecular weight is 473 g/mol. The molecule has 2 amide bonds. The Morgan fingerprint density at radius 2 is 1.91 bits per heavy atom. The molecule has 35 heavy (non-hydrogen) atoms. The zero-order valence-corrected chi connectivity index (χ0v) is 19.6. The van der Waals surface area contributed by atoms with Crippen LogP contribution in [0.25, 0.3) is 0 Å². The Morgan fingerprint density at radius 3 is 2.71 bits per heavy atom. The van der Waals surface area contributed by atoms with Crippen molar-refractivity contribution in [3.8, 4) is 11.8 Å². The van der Waals surface area contributed by atoms with Crippen molar-refractivity contribution in [2.45, 2.75) is 38.8 Å². The number of carbonyl (C=O) groups is 2. The molecular formula is C27H28N4O4. The second-order valence-electron chi connectivity index (χ2n) is 8.53. The molecule has 8 nitrogen and oxygen atoms in total. The highest BCUT2D eigenvalue weighted by Crippen LogP contribution is 2.23. The monoisotopic (exact) mass is 472 g/mol. The molecule has 3 aromatic rings. The van der Waals surface area contributed by atoms with E-state index in [1.165, 1.54) is 12.8 Å². The number of carbonyl (C=O) groups excluding carboxylic acids is 2. The van der Waals surface area contributed by atoms with Gasteiger partial charge in [-0.2, -0.15) is 5.26 Å². The van der Waals surface area contributed by atoms with Crippen molar-refractivity contribution in [3.05, 3.63) is 77.7 Å². The van der Waals surface area contributed by atoms with Gasteiger partial charge in [0.25, 0.3) is 5.91 Å². The lowest BCUT2D eigenvalue weighted by molar-refractivity contribution is -0.116. The molecule has 1 aliphatic heterocycles. The number of nitrogens with one attached hydrogen (secondary N) is 2. The summed E-state index contributed by atoms with van der Waals surface area (Å²) in [5, 5.41) is 14.8. The van der Waals surface area contributed by atoms with Crippen LogP contribution < -0.4 is 20.3 Å². The Hall–Kier alpha value is -4.25. The van der Waals surface area contributed by atoms with Crippen LogP contribution in [0.15, 0.2) is 65.1 Å². The first-order valence-corrected chi connectivity index (χ1v) is 11.7. The minimum absolute atomic E-state index is 0.0838. The summed E-state index contributed by atoms with van der Waals surface area (Å²) in [6.07, 6.45) is 2.50. The zero-order valence-electron chi connectivity index (χ0n) is 19.6. The van der Waals surface area contributed by atoms with E-state index >= 15 is 0 Å². The molecule has 0 saturated carbocycles. The molecule has 0 radical (unpaired) electrons. The fourth-order valence-corrected chi connectivity index (χ4v) is 4.00. The van der Waals surface area contributed by atoms with Crippen LogP contribution in [0, 0.1) is 11.3 Å². The molecule has 1 saturated heterocycles. The summed E-state index contributed by atoms with van der Waals surface area (Å²) in [5.41, 5.74) is 2.27. The van der Waals surface area contributed by atoms with Crippen molar-refractivity contribution in [2.75, 3.05) is 23.3 Å². The van der Waals surface area contributed by atoms with E-state index in [0.29, 0.717) is 17.1 Å². The lowest BCUT2D eigenvalue weighted by Gasteiger charge is -2.19. The molecule has 0 spiro atoms. The second kappa shape index (κ2) is 11.3. The van der Waals surface area contributed by atoms with Gasteiger partial charge in [-0.1, -0.05) is 18.2 Å². The van der Waals surface area contributed by atoms with Gasteiger partial charge in [0.05, 0.1) is 5.56 Å². The van der Waals surface area contributed by atoms with Crippen LogP contribution in [0.3, 0.4) is 0 Å². The number of hydrogen-bond donors (Lipinski definition) is 2. The predicted molar refractivity (Wildman–Crippen MR) is 132 cm³/mol. The Morgan fingerprint density at radius 1 is 1.11 bits per heavy atom. The lowest BCUT2D eigenvalue weighted by atomic mass is 10.2. The van der Waals surface area contributed by atoms with E-state index in [1.807, 2.05) is 18.2 Å². The smallest absolute Gasteiger partial charge is 0.287 e. The molecule has 2 aromatic carbocycles. The molecule has 1 fully saturated rings. The third-order valence-electron chi connectivity index (χ3n) is 5.73. The highest BCUT2D eigenvalue weighted by Gasteiger charge is 2.18. The molecule has 8 heteroatoms. The summed E-state index contributed by atoms with van der Waals surface area (Å²) < 4.78 is 11.2. The van der Waals surface area contributed by atoms with Crippen LogP contribution in [0.1, 0.15) is 48.1 Å². The van der Waals surface area contributed by atoms with E-state index in [2.05, 4.69) is 27.7 Å². The van der Waals surface area contributed by atoms with E-state index in [1.54, 1.807) is 43.3 Å². The van der Waals surface area contributed by atoms with Crippen molar-refractivity contribution in [1.82, 2.24) is 5.32 Å². The van der Waals surface area contributed by atoms with Crippen LogP contribution in [0.2, 0.25) is 0 Å². The first kappa shape index (κ1) is 23.9. The standard InChI is InChI=1S/C27H28N4O4/c1-19(15-26(32)30-21-8-6-9-22(16-21)31-13-4-5-14-31)29-27(33)25-12-11-23(35-25)18-34-24-10-3-2-7-20(24)17-28/h2-3,6-12,16,19H,4-5,13-15,18H2,1H3,(H,29,33)(H,30,32). The molecule has 1 aliphatic rings. The number of anilines is 2. The number of hydrogen-bond acceptors (Lipinski definition) is 6. The van der Waals surface area contributed by atoms with E-state index in [9.17, 15) is 9.59 Å². The third kappa shape index (κ3) is 6.42. The summed E-state index contributed by atoms with van der Waals surface area (Å²) in [6, 6.07) is 19.6. The number of nitriles is 1. The molecule has 0 aliphatic carbocycles. The van der Waals surface area contributed by atoms with Gasteiger partial charge in [0.2, 0.25) is 5.91 Å². The fraction of sp³-hybridized carbons (Fsp3) is 0.296. The van der Waals surface area contributed by atoms with Crippen molar-refractivity contribution >= 4 is 23.2 Å². The van der Waals surface area contributed by atoms with E-state index < -0.39 is 11.9 Å². The summed E-state index contributed by atoms with van der Waals surface area (Å²) in [6.45, 7) is 3.92. The topological polar surface area (TPSA) is 108 Å². The fourth-order valence-electron chi connectivity index (χ4n) is 4.00. The second-order valence-corrected chi connectivity index (χ2v) is 8.53. The highest BCUT2D eigenvalue weighted by atomic mass is 16.5. The molecule has 1 unspecified atom stereocenters. The molecule has 1 aromatic heterocycles. The Bertz CT molecular complexity index is 1220. The largest absolute Gasteiger partial charge is 0.484 e. The van der Waals surface area contributed by atoms with Gasteiger partial charge < -0.3 is 24.7 Å². The van der Waals surface area contributed by atoms with Crippen LogP contribution in [-0.4, -0.2) is 30.9 Å². The van der Waals surface area contributed by atoms with Crippen molar-refractivity contribution < 1.29 is 18.7 Å². The third-order valence-corrected chi connectivity index (χ3v) is 5.73. The van der Waals surface area contributed by atoms with Crippen LogP contribution in [0.5, 0.6) is 5.75 Å². The van der Waals surface area contributed by atoms with Crippen molar-refractivity contribution in [2.24, 2.45) is 0 Å². The minimum Gasteiger partial charge on any atom is -0.484 e. The first-order chi connectivity index (χ1) is 17.0. The first-order valence-electron chi connectivity index (χ1n) is 11.7. The molecule has 1 atom stereocenters. The predicted octanol–water partition coefficient (Wildman–Crippen LogP) is 4.48. The minimum atomic E-state index is -0.412. The highest BCUT2D eigenvalue weighted by molar-refractivity contribution is 5.94. The summed E-state index contributed by atoms with van der Waals surface area (Å²) in [4.78, 5) is 27.4. The van der Waals surface area contributed by atoms with Gasteiger partial charge in [-0.05, 0) is 62.2 Å². The summed E-state index contributed by atoms with van der Waals surface area (Å²) in [7, 11) is 0. The van der Waals surface area contributed by atoms with Gasteiger partial charge in [-0.25, -0.2) is 0 Å². The molecular weight excluding hydrogens is 444 g/mol. The van der Waals surface area contributed by atoms with E-state index in [-0.39, 0.29) is 24.7 Å². The van der Waals surface area contributed by atoms with E-state index in [4.69, 9.17) is 14.4 Å². The molecule has 2 N–H and O–H groups in total. The number of furan rings is 1.